The first-order chi connectivity index (χ1) is 18.2. The monoisotopic (exact) mass is 540 g/mol. The maximum Gasteiger partial charge on any atom is 0.326 e. The van der Waals surface area contributed by atoms with Gasteiger partial charge in [-0.1, -0.05) is 60.7 Å². The molecule has 1 heterocycles. The van der Waals surface area contributed by atoms with Crippen LogP contribution in [0.4, 0.5) is 0 Å². The maximum atomic E-state index is 13.9. The Balaban J connectivity index is 1.80. The number of hydrogen-bond acceptors (Lipinski definition) is 7. The lowest BCUT2D eigenvalue weighted by Crippen LogP contribution is -2.56. The highest BCUT2D eigenvalue weighted by Crippen LogP contribution is 2.23. The topological polar surface area (TPSA) is 84.9 Å². The van der Waals surface area contributed by atoms with Gasteiger partial charge in [-0.15, -0.1) is 0 Å². The number of carbonyl (C=O) groups is 3. The third kappa shape index (κ3) is 9.48. The Morgan fingerprint density at radius 1 is 1.03 bits per heavy atom. The van der Waals surface area contributed by atoms with Crippen molar-refractivity contribution in [2.75, 3.05) is 24.7 Å². The van der Waals surface area contributed by atoms with Crippen molar-refractivity contribution in [1.29, 1.82) is 0 Å². The van der Waals surface area contributed by atoms with Crippen molar-refractivity contribution < 1.29 is 23.9 Å². The summed E-state index contributed by atoms with van der Waals surface area (Å²) in [6, 6.07) is 18.4. The van der Waals surface area contributed by atoms with Crippen molar-refractivity contribution in [3.8, 4) is 0 Å². The van der Waals surface area contributed by atoms with Crippen LogP contribution < -0.4 is 5.32 Å². The predicted molar refractivity (Wildman–Crippen MR) is 151 cm³/mol. The molecule has 0 aliphatic carbocycles. The second kappa shape index (κ2) is 14.4. The van der Waals surface area contributed by atoms with E-state index in [9.17, 15) is 14.4 Å². The first-order valence-corrected chi connectivity index (χ1v) is 14.4. The van der Waals surface area contributed by atoms with Gasteiger partial charge in [0.05, 0.1) is 12.6 Å². The molecule has 1 amide bonds. The van der Waals surface area contributed by atoms with Crippen LogP contribution in [0.3, 0.4) is 0 Å². The molecule has 2 aromatic carbocycles. The molecule has 1 saturated heterocycles. The SMILES string of the molecule is CCOC(=O)[C@@H](CCc1ccccc1)N[C@H]1CSC[C@H](Cc2ccccc2)N(CC(=O)OC(C)(C)C)C1=O. The zero-order valence-electron chi connectivity index (χ0n) is 22.9. The molecule has 3 rings (SSSR count). The summed E-state index contributed by atoms with van der Waals surface area (Å²) < 4.78 is 10.9. The van der Waals surface area contributed by atoms with Gasteiger partial charge in [0.1, 0.15) is 18.2 Å². The lowest BCUT2D eigenvalue weighted by atomic mass is 10.0. The van der Waals surface area contributed by atoms with E-state index in [-0.39, 0.29) is 31.1 Å². The number of ether oxygens (including phenoxy) is 2. The quantitative estimate of drug-likeness (QED) is 0.431. The number of rotatable bonds is 11. The van der Waals surface area contributed by atoms with Gasteiger partial charge < -0.3 is 14.4 Å². The van der Waals surface area contributed by atoms with Crippen LogP contribution in [-0.4, -0.2) is 71.1 Å². The van der Waals surface area contributed by atoms with Crippen LogP contribution in [0.25, 0.3) is 0 Å². The molecule has 0 saturated carbocycles. The number of hydrogen-bond donors (Lipinski definition) is 1. The molecule has 1 aliphatic rings. The number of benzene rings is 2. The smallest absolute Gasteiger partial charge is 0.326 e. The highest BCUT2D eigenvalue weighted by molar-refractivity contribution is 7.99. The Hall–Kier alpha value is -2.84. The zero-order chi connectivity index (χ0) is 27.5. The van der Waals surface area contributed by atoms with Gasteiger partial charge in [-0.05, 0) is 58.1 Å². The molecule has 206 valence electrons. The lowest BCUT2D eigenvalue weighted by molar-refractivity contribution is -0.160. The summed E-state index contributed by atoms with van der Waals surface area (Å²) in [5.41, 5.74) is 1.55. The minimum Gasteiger partial charge on any atom is -0.465 e. The van der Waals surface area contributed by atoms with Gasteiger partial charge in [-0.25, -0.2) is 0 Å². The first-order valence-electron chi connectivity index (χ1n) is 13.3. The van der Waals surface area contributed by atoms with Gasteiger partial charge >= 0.3 is 11.9 Å². The standard InChI is InChI=1S/C30H40N2O5S/c1-5-36-29(35)25(17-16-22-12-8-6-9-13-22)31-26-21-38-20-24(18-23-14-10-7-11-15-23)32(28(26)34)19-27(33)37-30(2,3)4/h6-15,24-26,31H,5,16-21H2,1-4H3/t24-,25+,26-/m0/s1. The van der Waals surface area contributed by atoms with Crippen molar-refractivity contribution >= 4 is 29.6 Å². The summed E-state index contributed by atoms with van der Waals surface area (Å²) in [6.07, 6.45) is 1.80. The molecule has 0 spiro atoms. The van der Waals surface area contributed by atoms with E-state index in [1.54, 1.807) is 23.6 Å². The van der Waals surface area contributed by atoms with E-state index in [2.05, 4.69) is 5.32 Å². The largest absolute Gasteiger partial charge is 0.465 e. The lowest BCUT2D eigenvalue weighted by Gasteiger charge is -2.33. The minimum atomic E-state index is -0.653. The Kier molecular flexibility index (Phi) is 11.2. The average Bonchev–Trinajstić information content (AvgIpc) is 3.01. The summed E-state index contributed by atoms with van der Waals surface area (Å²) in [6.45, 7) is 7.34. The first kappa shape index (κ1) is 29.7. The fraction of sp³-hybridized carbons (Fsp3) is 0.500. The van der Waals surface area contributed by atoms with Gasteiger partial charge in [0.15, 0.2) is 0 Å². The summed E-state index contributed by atoms with van der Waals surface area (Å²) in [5, 5.41) is 3.30. The van der Waals surface area contributed by atoms with Crippen LogP contribution in [0.5, 0.6) is 0 Å². The van der Waals surface area contributed by atoms with Crippen LogP contribution in [0.1, 0.15) is 45.2 Å². The number of amides is 1. The van der Waals surface area contributed by atoms with E-state index >= 15 is 0 Å². The third-order valence-electron chi connectivity index (χ3n) is 6.19. The van der Waals surface area contributed by atoms with Crippen molar-refractivity contribution in [3.63, 3.8) is 0 Å². The molecular formula is C30H40N2O5S. The van der Waals surface area contributed by atoms with Crippen molar-refractivity contribution in [2.24, 2.45) is 0 Å². The van der Waals surface area contributed by atoms with Crippen molar-refractivity contribution in [3.05, 3.63) is 71.8 Å². The van der Waals surface area contributed by atoms with Crippen LogP contribution in [-0.2, 0) is 36.7 Å². The van der Waals surface area contributed by atoms with E-state index in [0.29, 0.717) is 30.8 Å². The Morgan fingerprint density at radius 3 is 2.26 bits per heavy atom. The van der Waals surface area contributed by atoms with E-state index < -0.39 is 23.7 Å². The molecule has 7 nitrogen and oxygen atoms in total. The molecule has 3 atom stereocenters. The van der Waals surface area contributed by atoms with Gasteiger partial charge in [0, 0.05) is 17.5 Å². The summed E-state index contributed by atoms with van der Waals surface area (Å²) in [4.78, 5) is 41.3. The van der Waals surface area contributed by atoms with Crippen LogP contribution in [0.15, 0.2) is 60.7 Å². The molecule has 0 radical (unpaired) electrons. The van der Waals surface area contributed by atoms with Crippen LogP contribution >= 0.6 is 11.8 Å². The molecule has 38 heavy (non-hydrogen) atoms. The minimum absolute atomic E-state index is 0.138. The summed E-state index contributed by atoms with van der Waals surface area (Å²) >= 11 is 1.65. The Bertz CT molecular complexity index is 1040. The van der Waals surface area contributed by atoms with Crippen LogP contribution in [0, 0.1) is 0 Å². The highest BCUT2D eigenvalue weighted by Gasteiger charge is 2.37. The van der Waals surface area contributed by atoms with Gasteiger partial charge in [0.2, 0.25) is 5.91 Å². The zero-order valence-corrected chi connectivity index (χ0v) is 23.7. The molecule has 2 aromatic rings. The van der Waals surface area contributed by atoms with Gasteiger partial charge in [-0.2, -0.15) is 11.8 Å². The molecule has 0 unspecified atom stereocenters. The second-order valence-corrected chi connectivity index (χ2v) is 11.6. The summed E-state index contributed by atoms with van der Waals surface area (Å²) in [7, 11) is 0. The van der Waals surface area contributed by atoms with E-state index in [1.807, 2.05) is 81.4 Å². The normalized spacial score (nSPS) is 18.9. The molecular weight excluding hydrogens is 500 g/mol. The molecule has 0 aromatic heterocycles. The summed E-state index contributed by atoms with van der Waals surface area (Å²) in [5.74, 6) is 0.160. The number of nitrogens with zero attached hydrogens (tertiary/aromatic N) is 1. The molecule has 1 fully saturated rings. The Morgan fingerprint density at radius 2 is 1.66 bits per heavy atom. The van der Waals surface area contributed by atoms with E-state index in [1.165, 1.54) is 0 Å². The van der Waals surface area contributed by atoms with Gasteiger partial charge in [-0.3, -0.25) is 19.7 Å². The van der Waals surface area contributed by atoms with Crippen molar-refractivity contribution in [1.82, 2.24) is 10.2 Å². The number of thioether (sulfide) groups is 1. The molecule has 1 aliphatic heterocycles. The predicted octanol–water partition coefficient (Wildman–Crippen LogP) is 4.04. The number of aryl methyl sites for hydroxylation is 1. The molecule has 8 heteroatoms. The third-order valence-corrected chi connectivity index (χ3v) is 7.38. The van der Waals surface area contributed by atoms with E-state index in [0.717, 1.165) is 11.1 Å². The average molecular weight is 541 g/mol. The molecule has 1 N–H and O–H groups in total. The van der Waals surface area contributed by atoms with Crippen LogP contribution in [0.2, 0.25) is 0 Å². The second-order valence-electron chi connectivity index (χ2n) is 10.5. The fourth-order valence-corrected chi connectivity index (χ4v) is 5.65. The Labute approximate surface area is 230 Å². The van der Waals surface area contributed by atoms with Crippen molar-refractivity contribution in [2.45, 2.75) is 70.7 Å². The van der Waals surface area contributed by atoms with E-state index in [4.69, 9.17) is 9.47 Å². The number of nitrogens with one attached hydrogen (secondary N) is 1. The fourth-order valence-electron chi connectivity index (χ4n) is 4.47. The number of carbonyl (C=O) groups excluding carboxylic acids is 3. The van der Waals surface area contributed by atoms with Gasteiger partial charge in [0.25, 0.3) is 0 Å². The maximum absolute atomic E-state index is 13.9. The highest BCUT2D eigenvalue weighted by atomic mass is 32.2. The molecule has 0 bridgehead atoms. The number of esters is 2.